The van der Waals surface area contributed by atoms with Crippen molar-refractivity contribution in [1.82, 2.24) is 14.2 Å². The van der Waals surface area contributed by atoms with Gasteiger partial charge >= 0.3 is 0 Å². The van der Waals surface area contributed by atoms with Gasteiger partial charge in [-0.05, 0) is 175 Å². The molecule has 19 nitrogen and oxygen atoms in total. The zero-order valence-electron chi connectivity index (χ0n) is 54.2. The summed E-state index contributed by atoms with van der Waals surface area (Å²) in [6.45, 7) is 17.8. The molecule has 1 N–H and O–H groups in total. The molecule has 11 aliphatic rings. The summed E-state index contributed by atoms with van der Waals surface area (Å²) >= 11 is 0. The highest BCUT2D eigenvalue weighted by Gasteiger charge is 2.53. The Morgan fingerprint density at radius 2 is 1.01 bits per heavy atom. The maximum absolute atomic E-state index is 14.3. The summed E-state index contributed by atoms with van der Waals surface area (Å²) in [7, 11) is -9.69. The third-order valence-electron chi connectivity index (χ3n) is 20.3. The number of nitrogens with zero attached hydrogens (tertiary/aromatic N) is 2. The fourth-order valence-electron chi connectivity index (χ4n) is 16.9. The molecule has 1 aliphatic heterocycles. The standard InChI is InChI=1S/C70H99N3O16S2/c1-5-72(6-2)57-9-12-62-65(39-57)89-66-40-58(73(7-3)8-4)10-13-63(66)68(62)64-14-11-61(42-67(64)91(76,77)78)90(74,75)71-49-56-37-59(85-27-23-81-19-15-79-17-21-83-25-29-87-69-43-50-31-51(44-69)33-52(32-50)45-69)41-60(38-56)86-28-24-82-20-16-80-18-22-84-26-30-88-70-46-53-34-54(47-70)36-55(35-53)48-70/h9-14,37-39,41-42,50-55,58,71H,5-8,15-36,40,43-49H2,1-4H3. The van der Waals surface area contributed by atoms with Crippen molar-refractivity contribution in [2.24, 2.45) is 35.5 Å². The quantitative estimate of drug-likeness (QED) is 0.0250. The highest BCUT2D eigenvalue weighted by Crippen LogP contribution is 2.58. The van der Waals surface area contributed by atoms with Crippen molar-refractivity contribution >= 4 is 26.2 Å². The average molecular weight is 1300 g/mol. The Labute approximate surface area is 539 Å². The van der Waals surface area contributed by atoms with E-state index in [-0.39, 0.29) is 55.8 Å². The molecule has 10 aliphatic carbocycles. The molecule has 8 bridgehead atoms. The molecular formula is C70H99N3O16S2. The predicted molar refractivity (Wildman–Crippen MR) is 345 cm³/mol. The molecule has 502 valence electrons. The molecule has 0 aromatic heterocycles. The van der Waals surface area contributed by atoms with E-state index in [1.165, 1.54) is 89.2 Å². The van der Waals surface area contributed by atoms with Crippen LogP contribution in [0.15, 0.2) is 74.9 Å². The summed E-state index contributed by atoms with van der Waals surface area (Å²) in [5.74, 6) is 7.06. The Bertz CT molecular complexity index is 3180. The van der Waals surface area contributed by atoms with Crippen LogP contribution >= 0.6 is 0 Å². The van der Waals surface area contributed by atoms with Crippen LogP contribution in [0.2, 0.25) is 0 Å². The van der Waals surface area contributed by atoms with Gasteiger partial charge in [-0.25, -0.2) is 26.1 Å². The van der Waals surface area contributed by atoms with E-state index in [2.05, 4.69) is 48.0 Å². The van der Waals surface area contributed by atoms with E-state index in [0.29, 0.717) is 131 Å². The minimum Gasteiger partial charge on any atom is -0.744 e. The summed E-state index contributed by atoms with van der Waals surface area (Å²) in [6.07, 6.45) is 20.2. The van der Waals surface area contributed by atoms with Crippen molar-refractivity contribution < 1.29 is 73.2 Å². The number of ether oxygens (including phenoxy) is 10. The van der Waals surface area contributed by atoms with Gasteiger partial charge in [0.15, 0.2) is 0 Å². The lowest BCUT2D eigenvalue weighted by Gasteiger charge is -2.56. The molecule has 1 unspecified atom stereocenters. The lowest BCUT2D eigenvalue weighted by molar-refractivity contribution is -0.169. The summed E-state index contributed by atoms with van der Waals surface area (Å²) in [6, 6.07) is 14.5. The van der Waals surface area contributed by atoms with Gasteiger partial charge in [-0.3, -0.25) is 4.90 Å². The van der Waals surface area contributed by atoms with Crippen molar-refractivity contribution in [1.29, 1.82) is 0 Å². The van der Waals surface area contributed by atoms with Gasteiger partial charge in [0.05, 0.1) is 120 Å². The topological polar surface area (TPSA) is 215 Å². The number of benzene rings is 3. The van der Waals surface area contributed by atoms with Crippen molar-refractivity contribution in [3.8, 4) is 33.9 Å². The Balaban J connectivity index is 0.681. The largest absolute Gasteiger partial charge is 0.744 e. The third-order valence-corrected chi connectivity index (χ3v) is 22.5. The molecule has 0 spiro atoms. The molecular weight excluding hydrogens is 1200 g/mol. The Morgan fingerprint density at radius 1 is 0.560 bits per heavy atom. The Morgan fingerprint density at radius 3 is 1.46 bits per heavy atom. The number of sulfonamides is 1. The van der Waals surface area contributed by atoms with Crippen LogP contribution in [0.25, 0.3) is 28.5 Å². The van der Waals surface area contributed by atoms with Crippen LogP contribution < -0.4 is 24.1 Å². The normalized spacial score (nSPS) is 25.5. The number of hydrogen-bond acceptors (Lipinski definition) is 17. The number of likely N-dealkylation sites (N-methyl/N-ethyl adjacent to an activating group) is 1. The van der Waals surface area contributed by atoms with Gasteiger partial charge in [0, 0.05) is 53.4 Å². The van der Waals surface area contributed by atoms with Crippen molar-refractivity contribution in [2.45, 2.75) is 145 Å². The second kappa shape index (κ2) is 31.5. The van der Waals surface area contributed by atoms with Crippen LogP contribution in [-0.2, 0) is 71.0 Å². The first-order valence-corrected chi connectivity index (χ1v) is 36.9. The summed E-state index contributed by atoms with van der Waals surface area (Å²) < 4.78 is 140. The first-order valence-electron chi connectivity index (χ1n) is 34.0. The Kier molecular flexibility index (Phi) is 23.5. The van der Waals surface area contributed by atoms with Crippen LogP contribution in [0, 0.1) is 35.5 Å². The van der Waals surface area contributed by atoms with Gasteiger partial charge < -0.3 is 56.3 Å². The fourth-order valence-corrected chi connectivity index (χ4v) is 18.7. The minimum atomic E-state index is -5.26. The summed E-state index contributed by atoms with van der Waals surface area (Å²) in [5, 5.41) is 0.926. The summed E-state index contributed by atoms with van der Waals surface area (Å²) in [4.78, 5) is 1.24. The average Bonchev–Trinajstić information content (AvgIpc) is 0.799. The predicted octanol–water partition coefficient (Wildman–Crippen LogP) is 9.35. The molecule has 21 heteroatoms. The summed E-state index contributed by atoms with van der Waals surface area (Å²) in [5.41, 5.74) is 2.42. The molecule has 91 heavy (non-hydrogen) atoms. The Hall–Kier alpha value is -4.33. The SMILES string of the molecule is CCN(CC)C1C=Cc2c(oc3cc(=[N+](CC)CC)ccc-3c2-c2ccc(S(=O)(=O)NCc3cc(OCCOCCOCCOCCOC45CC6CC(CC(C6)C4)C5)cc(OCCOCCOCCOCCOC45CC6CC(CC(C6)C4)C5)c3)cc2S(=O)(=O)[O-])C1. The van der Waals surface area contributed by atoms with Crippen LogP contribution in [0.5, 0.6) is 11.5 Å². The maximum Gasteiger partial charge on any atom is 0.240 e. The number of rotatable bonds is 39. The molecule has 8 fully saturated rings. The number of hydrogen-bond donors (Lipinski definition) is 1. The lowest BCUT2D eigenvalue weighted by Crippen LogP contribution is -2.52. The van der Waals surface area contributed by atoms with E-state index < -0.39 is 29.9 Å². The second-order valence-electron chi connectivity index (χ2n) is 26.5. The van der Waals surface area contributed by atoms with E-state index in [0.717, 1.165) is 73.1 Å². The van der Waals surface area contributed by atoms with Gasteiger partial charge in [0.25, 0.3) is 0 Å². The van der Waals surface area contributed by atoms with Gasteiger partial charge in [-0.2, -0.15) is 0 Å². The minimum absolute atomic E-state index is 0.0267. The number of nitrogens with one attached hydrogen (secondary N) is 1. The van der Waals surface area contributed by atoms with Gasteiger partial charge in [0.1, 0.15) is 59.4 Å². The van der Waals surface area contributed by atoms with Crippen molar-refractivity contribution in [3.63, 3.8) is 0 Å². The zero-order chi connectivity index (χ0) is 63.4. The fraction of sp³-hybridized carbons (Fsp3) is 0.671. The smallest absolute Gasteiger partial charge is 0.240 e. The van der Waals surface area contributed by atoms with Crippen molar-refractivity contribution in [3.05, 3.63) is 82.9 Å². The molecule has 2 aromatic carbocycles. The van der Waals surface area contributed by atoms with E-state index in [1.54, 1.807) is 18.2 Å². The molecule has 0 saturated heterocycles. The monoisotopic (exact) mass is 1300 g/mol. The molecule has 0 amide bonds. The van der Waals surface area contributed by atoms with E-state index >= 15 is 0 Å². The highest BCUT2D eigenvalue weighted by molar-refractivity contribution is 7.89. The van der Waals surface area contributed by atoms with Gasteiger partial charge in [-0.1, -0.05) is 32.1 Å². The third kappa shape index (κ3) is 17.6. The lowest BCUT2D eigenvalue weighted by atomic mass is 9.54. The molecule has 0 radical (unpaired) electrons. The molecule has 2 aromatic rings. The zero-order valence-corrected chi connectivity index (χ0v) is 55.8. The first-order chi connectivity index (χ1) is 44.1. The van der Waals surface area contributed by atoms with E-state index in [9.17, 15) is 21.4 Å². The van der Waals surface area contributed by atoms with Crippen LogP contribution in [0.1, 0.15) is 122 Å². The van der Waals surface area contributed by atoms with Gasteiger partial charge in [0.2, 0.25) is 15.4 Å². The molecule has 1 heterocycles. The molecule has 13 rings (SSSR count). The van der Waals surface area contributed by atoms with Crippen molar-refractivity contribution in [2.75, 3.05) is 132 Å². The van der Waals surface area contributed by atoms with Crippen LogP contribution in [-0.4, -0.2) is 175 Å². The maximum atomic E-state index is 14.3. The number of fused-ring (bicyclic) bond motifs is 2. The molecule has 1 atom stereocenters. The first kappa shape index (κ1) is 68.1. The van der Waals surface area contributed by atoms with E-state index in [1.807, 2.05) is 24.3 Å². The highest BCUT2D eigenvalue weighted by atomic mass is 32.2. The van der Waals surface area contributed by atoms with E-state index in [4.69, 9.17) is 51.8 Å². The second-order valence-corrected chi connectivity index (χ2v) is 29.7. The van der Waals surface area contributed by atoms with Crippen LogP contribution in [0.4, 0.5) is 0 Å². The molecule has 8 saturated carbocycles. The van der Waals surface area contributed by atoms with Gasteiger partial charge in [-0.15, -0.1) is 0 Å². The van der Waals surface area contributed by atoms with Crippen LogP contribution in [0.3, 0.4) is 0 Å².